The number of ether oxygens (including phenoxy) is 1. The van der Waals surface area contributed by atoms with Gasteiger partial charge in [0.15, 0.2) is 16.4 Å². The van der Waals surface area contributed by atoms with Gasteiger partial charge in [0, 0.05) is 17.6 Å². The van der Waals surface area contributed by atoms with Gasteiger partial charge in [-0.1, -0.05) is 50.8 Å². The normalized spacial score (nSPS) is 21.1. The fraction of sp³-hybridized carbons (Fsp3) is 0.640. The van der Waals surface area contributed by atoms with Crippen molar-refractivity contribution in [2.75, 3.05) is 18.1 Å². The Morgan fingerprint density at radius 1 is 1.09 bits per heavy atom. The molecule has 34 heavy (non-hydrogen) atoms. The van der Waals surface area contributed by atoms with Crippen LogP contribution in [0.5, 0.6) is 0 Å². The number of nitrogens with one attached hydrogen (secondary N) is 1. The Labute approximate surface area is 202 Å². The fourth-order valence-electron chi connectivity index (χ4n) is 4.87. The van der Waals surface area contributed by atoms with Crippen molar-refractivity contribution in [3.8, 4) is 0 Å². The van der Waals surface area contributed by atoms with E-state index in [1.165, 1.54) is 0 Å². The van der Waals surface area contributed by atoms with Crippen LogP contribution in [0, 0.1) is 12.8 Å². The Morgan fingerprint density at radius 3 is 2.38 bits per heavy atom. The zero-order chi connectivity index (χ0) is 24.9. The summed E-state index contributed by atoms with van der Waals surface area (Å²) in [5, 5.41) is 2.72. The summed E-state index contributed by atoms with van der Waals surface area (Å²) in [6.45, 7) is 5.00. The highest BCUT2D eigenvalue weighted by molar-refractivity contribution is 7.91. The number of sulfone groups is 1. The van der Waals surface area contributed by atoms with Crippen LogP contribution in [0.4, 0.5) is 0 Å². The molecule has 9 heteroatoms. The van der Waals surface area contributed by atoms with Gasteiger partial charge < -0.3 is 15.0 Å². The van der Waals surface area contributed by atoms with Crippen molar-refractivity contribution < 1.29 is 27.5 Å². The van der Waals surface area contributed by atoms with E-state index in [2.05, 4.69) is 5.32 Å². The van der Waals surface area contributed by atoms with E-state index in [0.717, 1.165) is 37.7 Å². The molecule has 1 aromatic rings. The molecule has 1 saturated carbocycles. The molecule has 0 radical (unpaired) electrons. The summed E-state index contributed by atoms with van der Waals surface area (Å²) in [6.07, 6.45) is 5.17. The lowest BCUT2D eigenvalue weighted by molar-refractivity contribution is -0.156. The topological polar surface area (TPSA) is 110 Å². The molecule has 1 aliphatic carbocycles. The minimum atomic E-state index is -3.16. The number of amides is 2. The van der Waals surface area contributed by atoms with E-state index in [9.17, 15) is 22.8 Å². The maximum Gasteiger partial charge on any atom is 0.329 e. The first-order chi connectivity index (χ1) is 16.1. The molecule has 1 aliphatic heterocycles. The van der Waals surface area contributed by atoms with Crippen molar-refractivity contribution in [3.63, 3.8) is 0 Å². The molecule has 2 fully saturated rings. The number of carbonyl (C=O) groups excluding carboxylic acids is 3. The van der Waals surface area contributed by atoms with E-state index in [1.807, 2.05) is 13.0 Å². The number of rotatable bonds is 8. The van der Waals surface area contributed by atoms with E-state index >= 15 is 0 Å². The van der Waals surface area contributed by atoms with Crippen molar-refractivity contribution in [1.29, 1.82) is 0 Å². The Kier molecular flexibility index (Phi) is 8.73. The summed E-state index contributed by atoms with van der Waals surface area (Å²) in [5.41, 5.74) is 1.37. The molecule has 3 rings (SSSR count). The number of aryl methyl sites for hydroxylation is 1. The van der Waals surface area contributed by atoms with Crippen LogP contribution in [0.1, 0.15) is 68.3 Å². The molecular formula is C25H36N2O6S. The number of hydrogen-bond donors (Lipinski definition) is 1. The average molecular weight is 493 g/mol. The van der Waals surface area contributed by atoms with Gasteiger partial charge in [0.25, 0.3) is 11.8 Å². The molecule has 0 spiro atoms. The SMILES string of the molecule is Cc1cccc(C(=O)NC(C(=O)OCC(=O)N(C2CCCCC2)C2CCS(=O)(=O)C2)C(C)C)c1. The third-order valence-electron chi connectivity index (χ3n) is 6.68. The Bertz CT molecular complexity index is 1000. The first kappa shape index (κ1) is 26.2. The van der Waals surface area contributed by atoms with E-state index < -0.39 is 28.5 Å². The van der Waals surface area contributed by atoms with Gasteiger partial charge in [-0.2, -0.15) is 0 Å². The van der Waals surface area contributed by atoms with Crippen LogP contribution in [0.15, 0.2) is 24.3 Å². The number of carbonyl (C=O) groups is 3. The minimum absolute atomic E-state index is 0.0276. The van der Waals surface area contributed by atoms with E-state index in [0.29, 0.717) is 12.0 Å². The molecule has 1 N–H and O–H groups in total. The minimum Gasteiger partial charge on any atom is -0.454 e. The summed E-state index contributed by atoms with van der Waals surface area (Å²) >= 11 is 0. The van der Waals surface area contributed by atoms with Crippen LogP contribution < -0.4 is 5.32 Å². The Morgan fingerprint density at radius 2 is 1.79 bits per heavy atom. The van der Waals surface area contributed by atoms with Gasteiger partial charge >= 0.3 is 5.97 Å². The molecule has 2 amide bonds. The summed E-state index contributed by atoms with van der Waals surface area (Å²) in [5.74, 6) is -1.63. The van der Waals surface area contributed by atoms with Crippen LogP contribution in [-0.4, -0.2) is 67.3 Å². The fourth-order valence-corrected chi connectivity index (χ4v) is 6.58. The zero-order valence-corrected chi connectivity index (χ0v) is 21.1. The molecule has 8 nitrogen and oxygen atoms in total. The molecule has 188 valence electrons. The van der Waals surface area contributed by atoms with Crippen molar-refractivity contribution in [1.82, 2.24) is 10.2 Å². The van der Waals surface area contributed by atoms with Gasteiger partial charge in [-0.3, -0.25) is 9.59 Å². The van der Waals surface area contributed by atoms with Gasteiger partial charge in [0.05, 0.1) is 11.5 Å². The third-order valence-corrected chi connectivity index (χ3v) is 8.43. The maximum absolute atomic E-state index is 13.2. The van der Waals surface area contributed by atoms with Crippen molar-refractivity contribution in [2.45, 2.75) is 77.4 Å². The van der Waals surface area contributed by atoms with Gasteiger partial charge in [-0.05, 0) is 44.2 Å². The average Bonchev–Trinajstić information content (AvgIpc) is 3.15. The predicted molar refractivity (Wildman–Crippen MR) is 129 cm³/mol. The Balaban J connectivity index is 1.65. The highest BCUT2D eigenvalue weighted by Gasteiger charge is 2.39. The second-order valence-electron chi connectivity index (χ2n) is 9.82. The number of hydrogen-bond acceptors (Lipinski definition) is 6. The maximum atomic E-state index is 13.2. The van der Waals surface area contributed by atoms with Crippen molar-refractivity contribution in [3.05, 3.63) is 35.4 Å². The van der Waals surface area contributed by atoms with Crippen LogP contribution in [0.25, 0.3) is 0 Å². The molecule has 0 bridgehead atoms. The monoisotopic (exact) mass is 492 g/mol. The van der Waals surface area contributed by atoms with Gasteiger partial charge in [-0.25, -0.2) is 13.2 Å². The van der Waals surface area contributed by atoms with Crippen molar-refractivity contribution >= 4 is 27.6 Å². The lowest BCUT2D eigenvalue weighted by Crippen LogP contribution is -2.51. The lowest BCUT2D eigenvalue weighted by atomic mass is 9.93. The highest BCUT2D eigenvalue weighted by Crippen LogP contribution is 2.28. The number of benzene rings is 1. The Hall–Kier alpha value is -2.42. The first-order valence-electron chi connectivity index (χ1n) is 12.1. The first-order valence-corrected chi connectivity index (χ1v) is 14.0. The lowest BCUT2D eigenvalue weighted by Gasteiger charge is -2.38. The van der Waals surface area contributed by atoms with Crippen LogP contribution in [-0.2, 0) is 24.2 Å². The quantitative estimate of drug-likeness (QED) is 0.559. The van der Waals surface area contributed by atoms with E-state index in [4.69, 9.17) is 4.74 Å². The van der Waals surface area contributed by atoms with Crippen molar-refractivity contribution in [2.24, 2.45) is 5.92 Å². The third kappa shape index (κ3) is 6.81. The second kappa shape index (κ2) is 11.3. The smallest absolute Gasteiger partial charge is 0.329 e. The van der Waals surface area contributed by atoms with Gasteiger partial charge in [0.1, 0.15) is 6.04 Å². The summed E-state index contributed by atoms with van der Waals surface area (Å²) in [7, 11) is -3.16. The largest absolute Gasteiger partial charge is 0.454 e. The van der Waals surface area contributed by atoms with Gasteiger partial charge in [0.2, 0.25) is 0 Å². The van der Waals surface area contributed by atoms with Crippen LogP contribution in [0.3, 0.4) is 0 Å². The molecule has 0 aromatic heterocycles. The standard InChI is InChI=1S/C25H36N2O6S/c1-17(2)23(26-24(29)19-9-7-8-18(3)14-19)25(30)33-15-22(28)27(20-10-5-4-6-11-20)21-12-13-34(31,32)16-21/h7-9,14,17,20-21,23H,4-6,10-13,15-16H2,1-3H3,(H,26,29). The molecule has 1 heterocycles. The molecular weight excluding hydrogens is 456 g/mol. The second-order valence-corrected chi connectivity index (χ2v) is 12.1. The highest BCUT2D eigenvalue weighted by atomic mass is 32.2. The van der Waals surface area contributed by atoms with Crippen LogP contribution >= 0.6 is 0 Å². The molecule has 1 saturated heterocycles. The summed E-state index contributed by atoms with van der Waals surface area (Å²) in [4.78, 5) is 40.4. The van der Waals surface area contributed by atoms with E-state index in [-0.39, 0.29) is 41.3 Å². The molecule has 2 atom stereocenters. The predicted octanol–water partition coefficient (Wildman–Crippen LogP) is 2.64. The zero-order valence-electron chi connectivity index (χ0n) is 20.3. The summed E-state index contributed by atoms with van der Waals surface area (Å²) in [6, 6.07) is 5.75. The van der Waals surface area contributed by atoms with Crippen LogP contribution in [0.2, 0.25) is 0 Å². The molecule has 2 aliphatic rings. The molecule has 1 aromatic carbocycles. The van der Waals surface area contributed by atoms with Gasteiger partial charge in [-0.15, -0.1) is 0 Å². The molecule has 2 unspecified atom stereocenters. The summed E-state index contributed by atoms with van der Waals surface area (Å²) < 4.78 is 29.5. The van der Waals surface area contributed by atoms with E-state index in [1.54, 1.807) is 36.9 Å². The number of esters is 1. The number of nitrogens with zero attached hydrogens (tertiary/aromatic N) is 1.